The first-order chi connectivity index (χ1) is 10.6. The van der Waals surface area contributed by atoms with Crippen molar-refractivity contribution in [3.05, 3.63) is 35.9 Å². The van der Waals surface area contributed by atoms with Gasteiger partial charge in [0.1, 0.15) is 6.04 Å². The molecule has 0 aromatic heterocycles. The first-order valence-corrected chi connectivity index (χ1v) is 8.24. The smallest absolute Gasteiger partial charge is 0.326 e. The first kappa shape index (κ1) is 15.1. The Hall–Kier alpha value is -1.84. The molecule has 1 amide bonds. The summed E-state index contributed by atoms with van der Waals surface area (Å²) in [5, 5.41) is 9.39. The van der Waals surface area contributed by atoms with Crippen molar-refractivity contribution >= 4 is 11.9 Å². The Morgan fingerprint density at radius 1 is 1.05 bits per heavy atom. The molecule has 4 nitrogen and oxygen atoms in total. The number of carboxylic acid groups (broad SMARTS) is 1. The highest BCUT2D eigenvalue weighted by Crippen LogP contribution is 2.42. The fourth-order valence-corrected chi connectivity index (χ4v) is 4.08. The largest absolute Gasteiger partial charge is 0.480 e. The number of carbonyl (C=O) groups excluding carboxylic acids is 1. The molecule has 22 heavy (non-hydrogen) atoms. The third kappa shape index (κ3) is 2.51. The number of amides is 1. The Kier molecular flexibility index (Phi) is 4.19. The van der Waals surface area contributed by atoms with Crippen LogP contribution in [0.25, 0.3) is 0 Å². The lowest BCUT2D eigenvalue weighted by molar-refractivity contribution is -0.151. The molecule has 1 saturated carbocycles. The molecular weight excluding hydrogens is 278 g/mol. The average Bonchev–Trinajstić information content (AvgIpc) is 3.05. The number of carbonyl (C=O) groups is 2. The summed E-state index contributed by atoms with van der Waals surface area (Å²) in [4.78, 5) is 26.4. The van der Waals surface area contributed by atoms with Gasteiger partial charge in [-0.05, 0) is 31.2 Å². The van der Waals surface area contributed by atoms with Gasteiger partial charge in [0.15, 0.2) is 0 Å². The summed E-state index contributed by atoms with van der Waals surface area (Å²) in [6.45, 7) is 0.574. The van der Waals surface area contributed by atoms with Crippen LogP contribution >= 0.6 is 0 Å². The van der Waals surface area contributed by atoms with E-state index in [0.29, 0.717) is 13.0 Å². The van der Waals surface area contributed by atoms with Crippen molar-refractivity contribution in [2.24, 2.45) is 0 Å². The van der Waals surface area contributed by atoms with Gasteiger partial charge in [0.05, 0.1) is 5.41 Å². The molecule has 2 aliphatic rings. The van der Waals surface area contributed by atoms with Gasteiger partial charge in [-0.15, -0.1) is 0 Å². The first-order valence-electron chi connectivity index (χ1n) is 8.24. The van der Waals surface area contributed by atoms with Gasteiger partial charge >= 0.3 is 5.97 Å². The lowest BCUT2D eigenvalue weighted by atomic mass is 9.68. The van der Waals surface area contributed by atoms with Crippen molar-refractivity contribution in [1.29, 1.82) is 0 Å². The number of likely N-dealkylation sites (tertiary alicyclic amines) is 1. The van der Waals surface area contributed by atoms with Crippen LogP contribution in [0.4, 0.5) is 0 Å². The number of rotatable bonds is 3. The highest BCUT2D eigenvalue weighted by molar-refractivity contribution is 5.92. The number of benzene rings is 1. The topological polar surface area (TPSA) is 57.6 Å². The second-order valence-corrected chi connectivity index (χ2v) is 6.50. The zero-order valence-corrected chi connectivity index (χ0v) is 12.8. The molecule has 118 valence electrons. The minimum absolute atomic E-state index is 0.0308. The summed E-state index contributed by atoms with van der Waals surface area (Å²) >= 11 is 0. The van der Waals surface area contributed by atoms with E-state index in [9.17, 15) is 14.7 Å². The summed E-state index contributed by atoms with van der Waals surface area (Å²) in [5.41, 5.74) is 0.535. The van der Waals surface area contributed by atoms with Crippen LogP contribution < -0.4 is 0 Å². The molecule has 0 bridgehead atoms. The zero-order valence-electron chi connectivity index (χ0n) is 12.8. The van der Waals surface area contributed by atoms with Crippen LogP contribution in [0.15, 0.2) is 30.3 Å². The third-order valence-corrected chi connectivity index (χ3v) is 5.24. The molecular formula is C18H23NO3. The maximum absolute atomic E-state index is 13.3. The maximum Gasteiger partial charge on any atom is 0.326 e. The second-order valence-electron chi connectivity index (χ2n) is 6.50. The van der Waals surface area contributed by atoms with Crippen molar-refractivity contribution in [2.45, 2.75) is 56.4 Å². The predicted octanol–water partition coefficient (Wildman–Crippen LogP) is 2.96. The fraction of sp³-hybridized carbons (Fsp3) is 0.556. The minimum atomic E-state index is -0.870. The highest BCUT2D eigenvalue weighted by atomic mass is 16.4. The lowest BCUT2D eigenvalue weighted by Crippen LogP contribution is -2.51. The lowest BCUT2D eigenvalue weighted by Gasteiger charge is -2.40. The van der Waals surface area contributed by atoms with Crippen molar-refractivity contribution in [3.63, 3.8) is 0 Å². The summed E-state index contributed by atoms with van der Waals surface area (Å²) < 4.78 is 0. The standard InChI is InChI=1S/C18H23NO3/c20-16(21)15-10-7-13-19(15)17(22)18(11-5-2-6-12-18)14-8-3-1-4-9-14/h1,3-4,8-9,15H,2,5-7,10-13H2,(H,20,21)/t15-/m0/s1. The van der Waals surface area contributed by atoms with Gasteiger partial charge in [0.25, 0.3) is 0 Å². The third-order valence-electron chi connectivity index (χ3n) is 5.24. The summed E-state index contributed by atoms with van der Waals surface area (Å²) in [5.74, 6) is -0.840. The van der Waals surface area contributed by atoms with Gasteiger partial charge in [-0.3, -0.25) is 4.79 Å². The van der Waals surface area contributed by atoms with Gasteiger partial charge in [-0.1, -0.05) is 49.6 Å². The molecule has 0 radical (unpaired) electrons. The van der Waals surface area contributed by atoms with Crippen LogP contribution in [0, 0.1) is 0 Å². The van der Waals surface area contributed by atoms with Gasteiger partial charge in [-0.25, -0.2) is 4.79 Å². The molecule has 1 heterocycles. The Morgan fingerprint density at radius 2 is 1.73 bits per heavy atom. The van der Waals surface area contributed by atoms with E-state index in [1.165, 1.54) is 0 Å². The number of hydrogen-bond donors (Lipinski definition) is 1. The molecule has 0 spiro atoms. The van der Waals surface area contributed by atoms with E-state index in [1.807, 2.05) is 30.3 Å². The molecule has 1 atom stereocenters. The highest BCUT2D eigenvalue weighted by Gasteiger charge is 2.47. The summed E-state index contributed by atoms with van der Waals surface area (Å²) in [6, 6.07) is 9.30. The molecule has 4 heteroatoms. The van der Waals surface area contributed by atoms with Gasteiger partial charge in [-0.2, -0.15) is 0 Å². The minimum Gasteiger partial charge on any atom is -0.480 e. The molecule has 1 aromatic rings. The molecule has 1 N–H and O–H groups in total. The van der Waals surface area contributed by atoms with Crippen molar-refractivity contribution in [1.82, 2.24) is 4.90 Å². The molecule has 1 aliphatic carbocycles. The van der Waals surface area contributed by atoms with E-state index in [4.69, 9.17) is 0 Å². The molecule has 1 aliphatic heterocycles. The SMILES string of the molecule is O=C(O)[C@@H]1CCCN1C(=O)C1(c2ccccc2)CCCCC1. The molecule has 1 aromatic carbocycles. The number of nitrogens with zero attached hydrogens (tertiary/aromatic N) is 1. The summed E-state index contributed by atoms with van der Waals surface area (Å²) in [7, 11) is 0. The monoisotopic (exact) mass is 301 g/mol. The van der Waals surface area contributed by atoms with E-state index in [0.717, 1.165) is 44.1 Å². The Balaban J connectivity index is 1.96. The van der Waals surface area contributed by atoms with E-state index in [2.05, 4.69) is 0 Å². The van der Waals surface area contributed by atoms with Crippen LogP contribution in [0.1, 0.15) is 50.5 Å². The summed E-state index contributed by atoms with van der Waals surface area (Å²) in [6.07, 6.45) is 6.25. The predicted molar refractivity (Wildman–Crippen MR) is 83.6 cm³/mol. The van der Waals surface area contributed by atoms with Crippen LogP contribution in [0.2, 0.25) is 0 Å². The van der Waals surface area contributed by atoms with E-state index >= 15 is 0 Å². The molecule has 1 saturated heterocycles. The quantitative estimate of drug-likeness (QED) is 0.933. The van der Waals surface area contributed by atoms with E-state index in [-0.39, 0.29) is 5.91 Å². The van der Waals surface area contributed by atoms with Gasteiger partial charge in [0.2, 0.25) is 5.91 Å². The van der Waals surface area contributed by atoms with Crippen molar-refractivity contribution in [2.75, 3.05) is 6.54 Å². The van der Waals surface area contributed by atoms with Crippen LogP contribution in [-0.4, -0.2) is 34.5 Å². The van der Waals surface area contributed by atoms with Crippen molar-refractivity contribution < 1.29 is 14.7 Å². The van der Waals surface area contributed by atoms with Gasteiger partial charge in [0, 0.05) is 6.54 Å². The maximum atomic E-state index is 13.3. The Morgan fingerprint density at radius 3 is 2.36 bits per heavy atom. The molecule has 0 unspecified atom stereocenters. The molecule has 2 fully saturated rings. The average molecular weight is 301 g/mol. The van der Waals surface area contributed by atoms with Crippen LogP contribution in [0.5, 0.6) is 0 Å². The molecule has 3 rings (SSSR count). The van der Waals surface area contributed by atoms with Crippen molar-refractivity contribution in [3.8, 4) is 0 Å². The number of carboxylic acids is 1. The second kappa shape index (κ2) is 6.11. The van der Waals surface area contributed by atoms with Crippen LogP contribution in [0.3, 0.4) is 0 Å². The normalized spacial score (nSPS) is 24.2. The Bertz CT molecular complexity index is 549. The van der Waals surface area contributed by atoms with E-state index in [1.54, 1.807) is 4.90 Å². The number of hydrogen-bond acceptors (Lipinski definition) is 2. The Labute approximate surface area is 131 Å². The zero-order chi connectivity index (χ0) is 15.6. The van der Waals surface area contributed by atoms with Crippen LogP contribution in [-0.2, 0) is 15.0 Å². The van der Waals surface area contributed by atoms with Gasteiger partial charge < -0.3 is 10.0 Å². The number of aliphatic carboxylic acids is 1. The fourth-order valence-electron chi connectivity index (χ4n) is 4.08. The van der Waals surface area contributed by atoms with E-state index < -0.39 is 17.4 Å².